The molecule has 200 valence electrons. The van der Waals surface area contributed by atoms with E-state index < -0.39 is 0 Å². The molecule has 0 aliphatic carbocycles. The van der Waals surface area contributed by atoms with Crippen LogP contribution in [0.5, 0.6) is 0 Å². The molecule has 4 nitrogen and oxygen atoms in total. The van der Waals surface area contributed by atoms with Crippen LogP contribution in [-0.2, 0) is 9.59 Å². The van der Waals surface area contributed by atoms with Crippen LogP contribution in [0.25, 0.3) is 11.1 Å². The highest BCUT2D eigenvalue weighted by Gasteiger charge is 2.42. The lowest BCUT2D eigenvalue weighted by Gasteiger charge is -2.24. The van der Waals surface area contributed by atoms with Gasteiger partial charge in [-0.1, -0.05) is 101 Å². The van der Waals surface area contributed by atoms with Crippen molar-refractivity contribution < 1.29 is 9.59 Å². The number of rotatable bonds is 12. The molecule has 38 heavy (non-hydrogen) atoms. The molecule has 0 saturated heterocycles. The molecule has 0 fully saturated rings. The predicted molar refractivity (Wildman–Crippen MR) is 167 cm³/mol. The molecule has 2 aliphatic rings. The molecule has 0 spiro atoms. The Morgan fingerprint density at radius 3 is 1.39 bits per heavy atom. The zero-order chi connectivity index (χ0) is 27.4. The van der Waals surface area contributed by atoms with E-state index in [9.17, 15) is 9.59 Å². The fraction of sp³-hybridized carbons (Fsp3) is 0.500. The van der Waals surface area contributed by atoms with Crippen molar-refractivity contribution in [2.45, 2.75) is 79.1 Å². The van der Waals surface area contributed by atoms with Crippen molar-refractivity contribution in [2.24, 2.45) is 11.8 Å². The molecule has 2 atom stereocenters. The molecule has 0 bridgehead atoms. The van der Waals surface area contributed by atoms with Crippen LogP contribution in [0.1, 0.15) is 90.2 Å². The molecule has 2 aliphatic heterocycles. The van der Waals surface area contributed by atoms with E-state index in [1.54, 1.807) is 0 Å². The maximum absolute atomic E-state index is 14.2. The van der Waals surface area contributed by atoms with Gasteiger partial charge in [0.2, 0.25) is 0 Å². The zero-order valence-corrected chi connectivity index (χ0v) is 24.4. The number of nitrogens with zero attached hydrogens (tertiary/aromatic N) is 2. The minimum absolute atomic E-state index is 0.0182. The van der Waals surface area contributed by atoms with Gasteiger partial charge in [0.25, 0.3) is 11.8 Å². The first-order valence-corrected chi connectivity index (χ1v) is 14.9. The fourth-order valence-electron chi connectivity index (χ4n) is 6.07. The van der Waals surface area contributed by atoms with Gasteiger partial charge in [0, 0.05) is 24.2 Å². The van der Waals surface area contributed by atoms with Gasteiger partial charge >= 0.3 is 0 Å². The molecule has 0 aromatic heterocycles. The lowest BCUT2D eigenvalue weighted by molar-refractivity contribution is -0.114. The Hall–Kier alpha value is -2.75. The molecule has 2 heterocycles. The summed E-state index contributed by atoms with van der Waals surface area (Å²) in [6, 6.07) is 12.5. The Bertz CT molecular complexity index is 1130. The SMILES string of the molecule is Bc1ccc2c(c1)N(CC(CC)CCCC)C(=O)/C2=C1/C(=O)N(CC(CC)CCCC)c2cc(B)ccc21. The van der Waals surface area contributed by atoms with E-state index in [1.165, 1.54) is 12.8 Å². The summed E-state index contributed by atoms with van der Waals surface area (Å²) in [5.74, 6) is 0.864. The minimum Gasteiger partial charge on any atom is -0.307 e. The Balaban J connectivity index is 1.81. The van der Waals surface area contributed by atoms with E-state index in [-0.39, 0.29) is 11.8 Å². The van der Waals surface area contributed by atoms with Crippen LogP contribution in [0.4, 0.5) is 11.4 Å². The van der Waals surface area contributed by atoms with Crippen LogP contribution in [0.2, 0.25) is 0 Å². The summed E-state index contributed by atoms with van der Waals surface area (Å²) in [6.07, 6.45) is 8.99. The van der Waals surface area contributed by atoms with Gasteiger partial charge in [0.1, 0.15) is 15.7 Å². The Labute approximate surface area is 231 Å². The first kappa shape index (κ1) is 28.3. The standard InChI is InChI=1S/C32H44B2N2O2/c1-5-9-11-21(7-3)19-35-27-17-23(33)13-15-25(27)29(31(35)37)30-26-16-14-24(34)18-28(26)36(32(30)38)20-22(8-4)12-10-6-2/h13-18,21-22H,5-12,19-20,33-34H2,1-4H3/b30-29+. The number of anilines is 2. The summed E-state index contributed by atoms with van der Waals surface area (Å²) in [5.41, 5.74) is 7.16. The summed E-state index contributed by atoms with van der Waals surface area (Å²) in [6.45, 7) is 10.3. The van der Waals surface area contributed by atoms with E-state index in [1.807, 2.05) is 9.80 Å². The van der Waals surface area contributed by atoms with Crippen molar-refractivity contribution in [3.63, 3.8) is 0 Å². The zero-order valence-electron chi connectivity index (χ0n) is 24.4. The van der Waals surface area contributed by atoms with Crippen molar-refractivity contribution in [3.8, 4) is 0 Å². The largest absolute Gasteiger partial charge is 0.307 e. The number of carbonyl (C=O) groups excluding carboxylic acids is 2. The second-order valence-electron chi connectivity index (χ2n) is 11.5. The number of benzene rings is 2. The highest BCUT2D eigenvalue weighted by Crippen LogP contribution is 2.46. The van der Waals surface area contributed by atoms with Gasteiger partial charge in [-0.25, -0.2) is 0 Å². The van der Waals surface area contributed by atoms with Gasteiger partial charge in [-0.15, -0.1) is 0 Å². The molecule has 4 rings (SSSR count). The molecular formula is C32H44B2N2O2. The van der Waals surface area contributed by atoms with Crippen LogP contribution in [-0.4, -0.2) is 40.6 Å². The molecule has 2 amide bonds. The number of fused-ring (bicyclic) bond motifs is 2. The monoisotopic (exact) mass is 510 g/mol. The van der Waals surface area contributed by atoms with Gasteiger partial charge in [-0.3, -0.25) is 9.59 Å². The second kappa shape index (κ2) is 12.4. The average Bonchev–Trinajstić information content (AvgIpc) is 3.32. The van der Waals surface area contributed by atoms with Crippen molar-refractivity contribution in [1.82, 2.24) is 0 Å². The third-order valence-electron chi connectivity index (χ3n) is 8.56. The maximum atomic E-state index is 14.2. The lowest BCUT2D eigenvalue weighted by atomic mass is 9.90. The smallest absolute Gasteiger partial charge is 0.259 e. The van der Waals surface area contributed by atoms with E-state index in [0.717, 1.165) is 72.0 Å². The number of hydrogen-bond donors (Lipinski definition) is 0. The lowest BCUT2D eigenvalue weighted by Crippen LogP contribution is -2.34. The molecule has 2 aromatic rings. The Morgan fingerprint density at radius 1 is 0.658 bits per heavy atom. The van der Waals surface area contributed by atoms with E-state index >= 15 is 0 Å². The fourth-order valence-corrected chi connectivity index (χ4v) is 6.07. The van der Waals surface area contributed by atoms with E-state index in [2.05, 4.69) is 79.8 Å². The highest BCUT2D eigenvalue weighted by atomic mass is 16.2. The second-order valence-corrected chi connectivity index (χ2v) is 11.5. The highest BCUT2D eigenvalue weighted by molar-refractivity contribution is 6.50. The van der Waals surface area contributed by atoms with Gasteiger partial charge in [-0.2, -0.15) is 0 Å². The van der Waals surface area contributed by atoms with E-state index in [0.29, 0.717) is 36.1 Å². The van der Waals surface area contributed by atoms with Crippen LogP contribution in [0.3, 0.4) is 0 Å². The first-order chi connectivity index (χ1) is 18.3. The van der Waals surface area contributed by atoms with Gasteiger partial charge in [0.05, 0.1) is 22.5 Å². The van der Waals surface area contributed by atoms with E-state index in [4.69, 9.17) is 0 Å². The van der Waals surface area contributed by atoms with Crippen LogP contribution >= 0.6 is 0 Å². The Kier molecular flexibility index (Phi) is 9.23. The first-order valence-electron chi connectivity index (χ1n) is 14.9. The van der Waals surface area contributed by atoms with Gasteiger partial charge in [-0.05, 0) is 36.8 Å². The van der Waals surface area contributed by atoms with Crippen molar-refractivity contribution in [1.29, 1.82) is 0 Å². The summed E-state index contributed by atoms with van der Waals surface area (Å²) >= 11 is 0. The maximum Gasteiger partial charge on any atom is 0.259 e. The van der Waals surface area contributed by atoms with Gasteiger partial charge in [0.15, 0.2) is 0 Å². The molecule has 0 N–H and O–H groups in total. The van der Waals surface area contributed by atoms with Crippen molar-refractivity contribution in [2.75, 3.05) is 22.9 Å². The number of unbranched alkanes of at least 4 members (excludes halogenated alkanes) is 2. The van der Waals surface area contributed by atoms with Gasteiger partial charge < -0.3 is 9.80 Å². The van der Waals surface area contributed by atoms with Crippen molar-refractivity contribution in [3.05, 3.63) is 47.5 Å². The normalized spacial score (nSPS) is 18.2. The molecule has 6 heteroatoms. The molecule has 0 saturated carbocycles. The molecular weight excluding hydrogens is 466 g/mol. The third kappa shape index (κ3) is 5.51. The molecule has 2 aromatic carbocycles. The van der Waals surface area contributed by atoms with Crippen LogP contribution in [0.15, 0.2) is 36.4 Å². The summed E-state index contributed by atoms with van der Waals surface area (Å²) in [4.78, 5) is 32.4. The number of hydrogen-bond acceptors (Lipinski definition) is 2. The Morgan fingerprint density at radius 2 is 1.05 bits per heavy atom. The summed E-state index contributed by atoms with van der Waals surface area (Å²) < 4.78 is 0. The molecule has 2 unspecified atom stereocenters. The predicted octanol–water partition coefficient (Wildman–Crippen LogP) is 4.24. The average molecular weight is 510 g/mol. The minimum atomic E-state index is -0.0182. The third-order valence-corrected chi connectivity index (χ3v) is 8.56. The van der Waals surface area contributed by atoms with Crippen LogP contribution in [0, 0.1) is 11.8 Å². The number of amides is 2. The summed E-state index contributed by atoms with van der Waals surface area (Å²) in [5, 5.41) is 0. The topological polar surface area (TPSA) is 40.6 Å². The number of carbonyl (C=O) groups is 2. The molecule has 0 radical (unpaired) electrons. The summed E-state index contributed by atoms with van der Waals surface area (Å²) in [7, 11) is 4.15. The van der Waals surface area contributed by atoms with Crippen molar-refractivity contribution >= 4 is 61.0 Å². The van der Waals surface area contributed by atoms with Crippen LogP contribution < -0.4 is 20.7 Å². The quantitative estimate of drug-likeness (QED) is 0.317.